The van der Waals surface area contributed by atoms with Gasteiger partial charge in [-0.3, -0.25) is 0 Å². The summed E-state index contributed by atoms with van der Waals surface area (Å²) in [5.41, 5.74) is 12.9. The Kier molecular flexibility index (Phi) is 8.11. The Balaban J connectivity index is 1.01. The van der Waals surface area contributed by atoms with E-state index in [-0.39, 0.29) is 0 Å². The lowest BCUT2D eigenvalue weighted by atomic mass is 10.0. The molecule has 0 aliphatic heterocycles. The summed E-state index contributed by atoms with van der Waals surface area (Å²) in [6.07, 6.45) is 0. The third kappa shape index (κ3) is 5.87. The predicted octanol–water partition coefficient (Wildman–Crippen LogP) is 14.4. The van der Waals surface area contributed by atoms with Gasteiger partial charge in [-0.1, -0.05) is 158 Å². The van der Waals surface area contributed by atoms with Gasteiger partial charge in [-0.15, -0.1) is 0 Å². The molecule has 272 valence electrons. The molecular weight excluding hydrogens is 705 g/mol. The van der Waals surface area contributed by atoms with Crippen LogP contribution < -0.4 is 4.90 Å². The number of hydrogen-bond acceptors (Lipinski definition) is 3. The molecule has 4 nitrogen and oxygen atoms in total. The quantitative estimate of drug-likeness (QED) is 0.163. The maximum atomic E-state index is 5.11. The minimum absolute atomic E-state index is 0.716. The summed E-state index contributed by atoms with van der Waals surface area (Å²) in [7, 11) is 0. The molecule has 4 heteroatoms. The minimum Gasteiger partial charge on any atom is -0.310 e. The molecule has 0 unspecified atom stereocenters. The molecule has 0 atom stereocenters. The van der Waals surface area contributed by atoms with Gasteiger partial charge in [0.1, 0.15) is 0 Å². The first-order chi connectivity index (χ1) is 28.7. The lowest BCUT2D eigenvalue weighted by Gasteiger charge is -2.26. The molecule has 2 aromatic heterocycles. The highest BCUT2D eigenvalue weighted by Crippen LogP contribution is 2.40. The number of anilines is 3. The molecule has 0 spiro atoms. The van der Waals surface area contributed by atoms with Gasteiger partial charge in [-0.25, -0.2) is 9.97 Å². The molecule has 11 rings (SSSR count). The Morgan fingerprint density at radius 1 is 0.345 bits per heavy atom. The normalized spacial score (nSPS) is 11.4. The van der Waals surface area contributed by atoms with Gasteiger partial charge in [0, 0.05) is 50.0 Å². The van der Waals surface area contributed by atoms with E-state index in [1.54, 1.807) is 0 Å². The van der Waals surface area contributed by atoms with Crippen LogP contribution in [0.15, 0.2) is 218 Å². The van der Waals surface area contributed by atoms with E-state index in [9.17, 15) is 0 Å². The van der Waals surface area contributed by atoms with Crippen LogP contribution in [0.3, 0.4) is 0 Å². The summed E-state index contributed by atoms with van der Waals surface area (Å²) in [5, 5.41) is 5.92. The van der Waals surface area contributed by atoms with Crippen molar-refractivity contribution >= 4 is 60.5 Å². The van der Waals surface area contributed by atoms with Crippen molar-refractivity contribution in [2.45, 2.75) is 0 Å². The smallest absolute Gasteiger partial charge is 0.160 e. The second kappa shape index (κ2) is 14.0. The van der Waals surface area contributed by atoms with Crippen LogP contribution in [0.2, 0.25) is 0 Å². The molecule has 0 fully saturated rings. The van der Waals surface area contributed by atoms with E-state index in [0.717, 1.165) is 67.1 Å². The fourth-order valence-electron chi connectivity index (χ4n) is 8.37. The van der Waals surface area contributed by atoms with Crippen LogP contribution in [0.4, 0.5) is 17.1 Å². The highest BCUT2D eigenvalue weighted by Gasteiger charge is 2.18. The molecule has 0 saturated carbocycles. The van der Waals surface area contributed by atoms with Crippen LogP contribution in [0.25, 0.3) is 82.9 Å². The molecule has 0 saturated heterocycles. The second-order valence-corrected chi connectivity index (χ2v) is 14.7. The number of rotatable bonds is 7. The average molecular weight is 741 g/mol. The van der Waals surface area contributed by atoms with Gasteiger partial charge in [-0.05, 0) is 82.6 Å². The number of aromatic nitrogens is 3. The van der Waals surface area contributed by atoms with Crippen LogP contribution >= 0.6 is 0 Å². The topological polar surface area (TPSA) is 34.0 Å². The van der Waals surface area contributed by atoms with Gasteiger partial charge >= 0.3 is 0 Å². The van der Waals surface area contributed by atoms with Crippen molar-refractivity contribution in [2.24, 2.45) is 0 Å². The van der Waals surface area contributed by atoms with E-state index < -0.39 is 0 Å². The Labute approximate surface area is 336 Å². The zero-order valence-electron chi connectivity index (χ0n) is 31.6. The highest BCUT2D eigenvalue weighted by atomic mass is 15.1. The first-order valence-electron chi connectivity index (χ1n) is 19.7. The molecule has 2 heterocycles. The number of fused-ring (bicyclic) bond motifs is 5. The summed E-state index contributed by atoms with van der Waals surface area (Å²) >= 11 is 0. The van der Waals surface area contributed by atoms with Crippen LogP contribution in [-0.2, 0) is 0 Å². The lowest BCUT2D eigenvalue weighted by Crippen LogP contribution is -2.10. The molecule has 9 aromatic carbocycles. The zero-order valence-corrected chi connectivity index (χ0v) is 31.6. The first kappa shape index (κ1) is 33.5. The summed E-state index contributed by atoms with van der Waals surface area (Å²) in [6.45, 7) is 0. The summed E-state index contributed by atoms with van der Waals surface area (Å²) in [6, 6.07) is 77.6. The Hall–Kier alpha value is -7.82. The number of para-hydroxylation sites is 3. The van der Waals surface area contributed by atoms with Crippen molar-refractivity contribution in [2.75, 3.05) is 4.90 Å². The summed E-state index contributed by atoms with van der Waals surface area (Å²) in [4.78, 5) is 12.5. The zero-order chi connectivity index (χ0) is 38.4. The van der Waals surface area contributed by atoms with E-state index >= 15 is 0 Å². The van der Waals surface area contributed by atoms with Gasteiger partial charge in [0.25, 0.3) is 0 Å². The molecular formula is C54H36N4. The van der Waals surface area contributed by atoms with E-state index in [2.05, 4.69) is 210 Å². The summed E-state index contributed by atoms with van der Waals surface area (Å²) in [5.74, 6) is 0.716. The molecule has 0 aliphatic rings. The van der Waals surface area contributed by atoms with Crippen molar-refractivity contribution < 1.29 is 0 Å². The Bertz CT molecular complexity index is 3280. The molecule has 11 aromatic rings. The Morgan fingerprint density at radius 2 is 0.983 bits per heavy atom. The third-order valence-electron chi connectivity index (χ3n) is 11.2. The van der Waals surface area contributed by atoms with Crippen LogP contribution in [-0.4, -0.2) is 14.5 Å². The van der Waals surface area contributed by atoms with Crippen molar-refractivity contribution in [1.82, 2.24) is 14.5 Å². The van der Waals surface area contributed by atoms with Gasteiger partial charge in [0.15, 0.2) is 5.82 Å². The van der Waals surface area contributed by atoms with E-state index in [4.69, 9.17) is 9.97 Å². The summed E-state index contributed by atoms with van der Waals surface area (Å²) < 4.78 is 2.41. The van der Waals surface area contributed by atoms with Crippen LogP contribution in [0, 0.1) is 0 Å². The maximum Gasteiger partial charge on any atom is 0.160 e. The molecule has 0 amide bonds. The SMILES string of the molecule is c1ccc(-c2nc(-c3ccc(-c4ccc5c6ccccc6n(-c6cccc(N(c7ccccc7)c7ccc8ccccc8c7)c6)c5c4)cc3)nc3ccccc23)cc1. The van der Waals surface area contributed by atoms with Gasteiger partial charge < -0.3 is 9.47 Å². The second-order valence-electron chi connectivity index (χ2n) is 14.7. The van der Waals surface area contributed by atoms with Gasteiger partial charge in [0.05, 0.1) is 22.2 Å². The molecule has 58 heavy (non-hydrogen) atoms. The highest BCUT2D eigenvalue weighted by molar-refractivity contribution is 6.10. The monoisotopic (exact) mass is 740 g/mol. The largest absolute Gasteiger partial charge is 0.310 e. The third-order valence-corrected chi connectivity index (χ3v) is 11.2. The molecule has 0 N–H and O–H groups in total. The maximum absolute atomic E-state index is 5.11. The van der Waals surface area contributed by atoms with Crippen molar-refractivity contribution in [3.63, 3.8) is 0 Å². The van der Waals surface area contributed by atoms with E-state index in [1.807, 2.05) is 18.2 Å². The van der Waals surface area contributed by atoms with Crippen molar-refractivity contribution in [3.8, 4) is 39.5 Å². The van der Waals surface area contributed by atoms with Crippen LogP contribution in [0.1, 0.15) is 0 Å². The fourth-order valence-corrected chi connectivity index (χ4v) is 8.37. The predicted molar refractivity (Wildman–Crippen MR) is 242 cm³/mol. The number of hydrogen-bond donors (Lipinski definition) is 0. The van der Waals surface area contributed by atoms with Crippen molar-refractivity contribution in [3.05, 3.63) is 218 Å². The van der Waals surface area contributed by atoms with Gasteiger partial charge in [0.2, 0.25) is 0 Å². The molecule has 0 bridgehead atoms. The minimum atomic E-state index is 0.716. The molecule has 0 aliphatic carbocycles. The first-order valence-corrected chi connectivity index (χ1v) is 19.7. The van der Waals surface area contributed by atoms with Crippen molar-refractivity contribution in [1.29, 1.82) is 0 Å². The fraction of sp³-hybridized carbons (Fsp3) is 0. The number of benzene rings is 9. The van der Waals surface area contributed by atoms with Crippen LogP contribution in [0.5, 0.6) is 0 Å². The average Bonchev–Trinajstić information content (AvgIpc) is 3.63. The molecule has 0 radical (unpaired) electrons. The standard InChI is InChI=1S/C54H36N4/c1-3-15-39(16-4-1)53-49-23-9-11-24-50(49)55-54(56-53)40-28-26-38(27-29-40)42-31-33-48-47-22-10-12-25-51(47)58(52(48)35-42)45-21-13-20-44(36-45)57(43-18-5-2-6-19-43)46-32-30-37-14-7-8-17-41(37)34-46/h1-36H. The lowest BCUT2D eigenvalue weighted by molar-refractivity contribution is 1.17. The number of nitrogens with zero attached hydrogens (tertiary/aromatic N) is 4. The Morgan fingerprint density at radius 3 is 1.83 bits per heavy atom. The van der Waals surface area contributed by atoms with E-state index in [0.29, 0.717) is 5.82 Å². The van der Waals surface area contributed by atoms with E-state index in [1.165, 1.54) is 27.1 Å². The van der Waals surface area contributed by atoms with Gasteiger partial charge in [-0.2, -0.15) is 0 Å².